The molecule has 6 nitrogen and oxygen atoms in total. The lowest BCUT2D eigenvalue weighted by molar-refractivity contribution is 0.0795. The molecule has 0 saturated carbocycles. The summed E-state index contributed by atoms with van der Waals surface area (Å²) in [5.41, 5.74) is 1.20. The van der Waals surface area contributed by atoms with Gasteiger partial charge in [0.2, 0.25) is 0 Å². The maximum absolute atomic E-state index is 12.8. The van der Waals surface area contributed by atoms with Crippen LogP contribution in [0.1, 0.15) is 16.8 Å². The van der Waals surface area contributed by atoms with Crippen LogP contribution in [-0.2, 0) is 0 Å². The zero-order chi connectivity index (χ0) is 17.1. The van der Waals surface area contributed by atoms with Gasteiger partial charge in [0.25, 0.3) is 11.5 Å². The zero-order valence-corrected chi connectivity index (χ0v) is 13.8. The molecule has 2 aromatic heterocycles. The maximum Gasteiger partial charge on any atom is 0.271 e. The van der Waals surface area contributed by atoms with E-state index in [1.165, 1.54) is 26.8 Å². The van der Waals surface area contributed by atoms with Gasteiger partial charge in [-0.05, 0) is 5.56 Å². The highest BCUT2D eigenvalue weighted by Crippen LogP contribution is 2.23. The van der Waals surface area contributed by atoms with E-state index in [1.807, 2.05) is 41.8 Å². The van der Waals surface area contributed by atoms with Crippen molar-refractivity contribution in [3.05, 3.63) is 57.8 Å². The van der Waals surface area contributed by atoms with Crippen molar-refractivity contribution in [2.24, 2.45) is 0 Å². The van der Waals surface area contributed by atoms with Gasteiger partial charge in [-0.2, -0.15) is 5.26 Å². The van der Waals surface area contributed by atoms with E-state index in [9.17, 15) is 9.59 Å². The molecule has 1 aromatic carbocycles. The first-order valence-corrected chi connectivity index (χ1v) is 8.18. The SMILES string of the molecule is CN(CCC#N)C(=O)c1cnc2scc(-c3ccccc3)n2c1=O. The van der Waals surface area contributed by atoms with Gasteiger partial charge in [-0.3, -0.25) is 14.0 Å². The van der Waals surface area contributed by atoms with Crippen LogP contribution in [0.25, 0.3) is 16.2 Å². The summed E-state index contributed by atoms with van der Waals surface area (Å²) < 4.78 is 1.46. The number of aromatic nitrogens is 2. The molecule has 0 radical (unpaired) electrons. The van der Waals surface area contributed by atoms with Crippen molar-refractivity contribution in [1.29, 1.82) is 5.26 Å². The zero-order valence-electron chi connectivity index (χ0n) is 13.0. The predicted molar refractivity (Wildman–Crippen MR) is 92.0 cm³/mol. The molecule has 0 bridgehead atoms. The van der Waals surface area contributed by atoms with E-state index in [1.54, 1.807) is 7.05 Å². The van der Waals surface area contributed by atoms with Crippen LogP contribution < -0.4 is 5.56 Å². The minimum atomic E-state index is -0.428. The number of nitrogens with zero attached hydrogens (tertiary/aromatic N) is 4. The number of benzene rings is 1. The molecule has 0 aliphatic rings. The average Bonchev–Trinajstić information content (AvgIpc) is 3.05. The Morgan fingerprint density at radius 3 is 2.83 bits per heavy atom. The summed E-state index contributed by atoms with van der Waals surface area (Å²) in [6, 6.07) is 11.5. The Kier molecular flexibility index (Phi) is 4.40. The van der Waals surface area contributed by atoms with Gasteiger partial charge in [-0.15, -0.1) is 11.3 Å². The highest BCUT2D eigenvalue weighted by molar-refractivity contribution is 7.15. The molecular formula is C17H14N4O2S. The van der Waals surface area contributed by atoms with Crippen molar-refractivity contribution in [2.75, 3.05) is 13.6 Å². The van der Waals surface area contributed by atoms with Crippen LogP contribution in [0.4, 0.5) is 0 Å². The fraction of sp³-hybridized carbons (Fsp3) is 0.176. The van der Waals surface area contributed by atoms with Gasteiger partial charge in [-0.1, -0.05) is 30.3 Å². The first-order valence-electron chi connectivity index (χ1n) is 7.30. The number of fused-ring (bicyclic) bond motifs is 1. The van der Waals surface area contributed by atoms with Crippen molar-refractivity contribution < 1.29 is 4.79 Å². The fourth-order valence-electron chi connectivity index (χ4n) is 2.37. The van der Waals surface area contributed by atoms with Gasteiger partial charge < -0.3 is 4.90 Å². The number of thiazole rings is 1. The molecule has 2 heterocycles. The number of amides is 1. The van der Waals surface area contributed by atoms with Crippen molar-refractivity contribution >= 4 is 22.2 Å². The van der Waals surface area contributed by atoms with Crippen molar-refractivity contribution in [1.82, 2.24) is 14.3 Å². The van der Waals surface area contributed by atoms with E-state index in [0.717, 1.165) is 5.56 Å². The van der Waals surface area contributed by atoms with E-state index >= 15 is 0 Å². The van der Waals surface area contributed by atoms with Crippen LogP contribution in [0.5, 0.6) is 0 Å². The molecule has 7 heteroatoms. The lowest BCUT2D eigenvalue weighted by Gasteiger charge is -2.14. The minimum Gasteiger partial charge on any atom is -0.340 e. The Bertz CT molecular complexity index is 985. The van der Waals surface area contributed by atoms with Gasteiger partial charge in [0.05, 0.1) is 18.2 Å². The number of rotatable bonds is 4. The average molecular weight is 338 g/mol. The number of hydrogen-bond acceptors (Lipinski definition) is 5. The van der Waals surface area contributed by atoms with Crippen LogP contribution in [0, 0.1) is 11.3 Å². The highest BCUT2D eigenvalue weighted by atomic mass is 32.1. The van der Waals surface area contributed by atoms with E-state index in [2.05, 4.69) is 4.98 Å². The Hall–Kier alpha value is -2.98. The normalized spacial score (nSPS) is 10.5. The summed E-state index contributed by atoms with van der Waals surface area (Å²) in [7, 11) is 1.57. The monoisotopic (exact) mass is 338 g/mol. The lowest BCUT2D eigenvalue weighted by Crippen LogP contribution is -2.33. The second-order valence-electron chi connectivity index (χ2n) is 5.22. The Balaban J connectivity index is 2.10. The minimum absolute atomic E-state index is 0.00326. The first-order chi connectivity index (χ1) is 11.6. The summed E-state index contributed by atoms with van der Waals surface area (Å²) >= 11 is 1.35. The first kappa shape index (κ1) is 15.9. The molecule has 120 valence electrons. The Morgan fingerprint density at radius 2 is 2.12 bits per heavy atom. The van der Waals surface area contributed by atoms with Crippen LogP contribution in [0.3, 0.4) is 0 Å². The van der Waals surface area contributed by atoms with E-state index < -0.39 is 11.5 Å². The second-order valence-corrected chi connectivity index (χ2v) is 6.05. The third kappa shape index (κ3) is 2.79. The topological polar surface area (TPSA) is 78.5 Å². The number of nitriles is 1. The van der Waals surface area contributed by atoms with Gasteiger partial charge in [-0.25, -0.2) is 4.98 Å². The largest absolute Gasteiger partial charge is 0.340 e. The molecule has 0 saturated heterocycles. The maximum atomic E-state index is 12.8. The van der Waals surface area contributed by atoms with Crippen molar-refractivity contribution in [3.63, 3.8) is 0 Å². The molecule has 24 heavy (non-hydrogen) atoms. The predicted octanol–water partition coefficient (Wildman–Crippen LogP) is 2.41. The Morgan fingerprint density at radius 1 is 1.38 bits per heavy atom. The lowest BCUT2D eigenvalue weighted by atomic mass is 10.2. The van der Waals surface area contributed by atoms with E-state index in [0.29, 0.717) is 10.7 Å². The molecule has 0 aliphatic carbocycles. The standard InChI is InChI=1S/C17H14N4O2S/c1-20(9-5-8-18)15(22)13-10-19-17-21(16(13)23)14(11-24-17)12-6-3-2-4-7-12/h2-4,6-7,10-11H,5,9H2,1H3. The number of carbonyl (C=O) groups excluding carboxylic acids is 1. The summed E-state index contributed by atoms with van der Waals surface area (Å²) in [4.78, 5) is 31.4. The molecule has 0 atom stereocenters. The molecule has 0 N–H and O–H groups in total. The summed E-state index contributed by atoms with van der Waals surface area (Å²) in [5, 5.41) is 10.5. The quantitative estimate of drug-likeness (QED) is 0.732. The molecule has 0 spiro atoms. The smallest absolute Gasteiger partial charge is 0.271 e. The molecule has 3 rings (SSSR count). The van der Waals surface area contributed by atoms with E-state index in [4.69, 9.17) is 5.26 Å². The van der Waals surface area contributed by atoms with Gasteiger partial charge >= 0.3 is 0 Å². The third-order valence-corrected chi connectivity index (χ3v) is 4.49. The number of carbonyl (C=O) groups is 1. The van der Waals surface area contributed by atoms with Gasteiger partial charge in [0, 0.05) is 25.2 Å². The van der Waals surface area contributed by atoms with Crippen molar-refractivity contribution in [2.45, 2.75) is 6.42 Å². The Labute approximate surface area is 142 Å². The molecule has 0 aliphatic heterocycles. The van der Waals surface area contributed by atoms with E-state index in [-0.39, 0.29) is 18.5 Å². The molecular weight excluding hydrogens is 324 g/mol. The number of hydrogen-bond donors (Lipinski definition) is 0. The summed E-state index contributed by atoms with van der Waals surface area (Å²) in [6.45, 7) is 0.270. The molecule has 0 unspecified atom stereocenters. The molecule has 0 fully saturated rings. The van der Waals surface area contributed by atoms with Crippen molar-refractivity contribution in [3.8, 4) is 17.3 Å². The highest BCUT2D eigenvalue weighted by Gasteiger charge is 2.19. The molecule has 1 amide bonds. The second kappa shape index (κ2) is 6.64. The summed E-state index contributed by atoms with van der Waals surface area (Å²) in [6.07, 6.45) is 1.53. The third-order valence-electron chi connectivity index (χ3n) is 3.65. The van der Waals surface area contributed by atoms with Gasteiger partial charge in [0.1, 0.15) is 5.56 Å². The fourth-order valence-corrected chi connectivity index (χ4v) is 3.23. The van der Waals surface area contributed by atoms with Gasteiger partial charge in [0.15, 0.2) is 4.96 Å². The summed E-state index contributed by atoms with van der Waals surface area (Å²) in [5.74, 6) is -0.428. The van der Waals surface area contributed by atoms with Crippen LogP contribution in [0.15, 0.2) is 46.7 Å². The van der Waals surface area contributed by atoms with Crippen LogP contribution in [-0.4, -0.2) is 33.8 Å². The molecule has 3 aromatic rings. The van der Waals surface area contributed by atoms with Crippen LogP contribution in [0.2, 0.25) is 0 Å². The van der Waals surface area contributed by atoms with Crippen LogP contribution >= 0.6 is 11.3 Å².